The molecule has 0 aromatic heterocycles. The molecule has 1 N–H and O–H groups in total. The maximum Gasteiger partial charge on any atom is 0.303 e. The van der Waals surface area contributed by atoms with Crippen molar-refractivity contribution in [3.05, 3.63) is 0 Å². The molecule has 0 amide bonds. The Kier molecular flexibility index (Phi) is 14.5. The van der Waals surface area contributed by atoms with Crippen LogP contribution in [0.15, 0.2) is 0 Å². The fourth-order valence-electron chi connectivity index (χ4n) is 4.65. The summed E-state index contributed by atoms with van der Waals surface area (Å²) in [5.41, 5.74) is -2.73. The first-order chi connectivity index (χ1) is 21.0. The highest BCUT2D eigenvalue weighted by molar-refractivity contribution is 8.00. The highest BCUT2D eigenvalue weighted by Gasteiger charge is 2.56. The number of esters is 7. The van der Waals surface area contributed by atoms with Crippen molar-refractivity contribution < 1.29 is 81.3 Å². The third-order valence-corrected chi connectivity index (χ3v) is 7.45. The Morgan fingerprint density at radius 1 is 0.533 bits per heavy atom. The number of carbonyl (C=O) groups is 7. The molecule has 0 spiro atoms. The van der Waals surface area contributed by atoms with E-state index in [0.29, 0.717) is 11.8 Å². The van der Waals surface area contributed by atoms with Crippen molar-refractivity contribution in [3.8, 4) is 0 Å². The van der Waals surface area contributed by atoms with Crippen LogP contribution >= 0.6 is 11.8 Å². The van der Waals surface area contributed by atoms with Gasteiger partial charge in [-0.25, -0.2) is 0 Å². The molecule has 0 aliphatic carbocycles. The minimum atomic E-state index is -1.69. The summed E-state index contributed by atoms with van der Waals surface area (Å²) < 4.78 is 49.1. The van der Waals surface area contributed by atoms with Gasteiger partial charge in [0, 0.05) is 54.9 Å². The zero-order valence-corrected chi connectivity index (χ0v) is 26.6. The second-order valence-corrected chi connectivity index (χ2v) is 11.2. The van der Waals surface area contributed by atoms with Gasteiger partial charge in [-0.3, -0.25) is 33.6 Å². The van der Waals surface area contributed by atoms with E-state index in [-0.39, 0.29) is 13.0 Å². The lowest BCUT2D eigenvalue weighted by Gasteiger charge is -2.47. The van der Waals surface area contributed by atoms with Crippen LogP contribution in [0.25, 0.3) is 0 Å². The predicted molar refractivity (Wildman–Crippen MR) is 147 cm³/mol. The first kappa shape index (κ1) is 37.7. The Morgan fingerprint density at radius 3 is 1.44 bits per heavy atom. The second-order valence-electron chi connectivity index (χ2n) is 10.0. The quantitative estimate of drug-likeness (QED) is 0.209. The SMILES string of the molecule is CC(=O)OCC[C@H]1O[C@@H](S[C@H]2O[C@H](COC(C)=O)[C@@H](OC(C)=O)[C@H](OC(C)=O)[C@H]2OC(C)=O)[C@H](O)[C@@H](OC(C)=O)[C@@H]1OC(C)=O. The zero-order valence-electron chi connectivity index (χ0n) is 25.8. The van der Waals surface area contributed by atoms with Gasteiger partial charge in [-0.2, -0.15) is 0 Å². The van der Waals surface area contributed by atoms with Crippen LogP contribution < -0.4 is 0 Å². The minimum Gasteiger partial charge on any atom is -0.466 e. The van der Waals surface area contributed by atoms with E-state index in [1.54, 1.807) is 0 Å². The monoisotopic (exact) mass is 666 g/mol. The Labute approximate surface area is 262 Å². The van der Waals surface area contributed by atoms with Gasteiger partial charge in [0.05, 0.1) is 6.61 Å². The lowest BCUT2D eigenvalue weighted by Crippen LogP contribution is -2.63. The highest BCUT2D eigenvalue weighted by Crippen LogP contribution is 2.41. The van der Waals surface area contributed by atoms with Crippen LogP contribution in [0, 0.1) is 0 Å². The fourth-order valence-corrected chi connectivity index (χ4v) is 6.01. The number of rotatable bonds is 12. The summed E-state index contributed by atoms with van der Waals surface area (Å²) in [6.07, 6.45) is -11.3. The van der Waals surface area contributed by atoms with Crippen molar-refractivity contribution in [2.24, 2.45) is 0 Å². The van der Waals surface area contributed by atoms with Gasteiger partial charge in [0.2, 0.25) is 0 Å². The average Bonchev–Trinajstić information content (AvgIpc) is 2.89. The molecule has 254 valence electrons. The van der Waals surface area contributed by atoms with Crippen molar-refractivity contribution in [1.29, 1.82) is 0 Å². The summed E-state index contributed by atoms with van der Waals surface area (Å²) in [7, 11) is 0. The third kappa shape index (κ3) is 11.8. The largest absolute Gasteiger partial charge is 0.466 e. The van der Waals surface area contributed by atoms with Gasteiger partial charge in [0.1, 0.15) is 35.8 Å². The fraction of sp³-hybridized carbons (Fsp3) is 0.741. The molecule has 2 heterocycles. The van der Waals surface area contributed by atoms with E-state index in [1.165, 1.54) is 6.92 Å². The van der Waals surface area contributed by atoms with Crippen LogP contribution in [0.2, 0.25) is 0 Å². The summed E-state index contributed by atoms with van der Waals surface area (Å²) in [4.78, 5) is 83.2. The van der Waals surface area contributed by atoms with Gasteiger partial charge in [0.25, 0.3) is 0 Å². The van der Waals surface area contributed by atoms with Gasteiger partial charge in [-0.15, -0.1) is 0 Å². The molecule has 2 rings (SSSR count). The number of hydrogen-bond donors (Lipinski definition) is 1. The van der Waals surface area contributed by atoms with Crippen LogP contribution in [-0.2, 0) is 76.2 Å². The summed E-state index contributed by atoms with van der Waals surface area (Å²) in [5, 5.41) is 11.3. The van der Waals surface area contributed by atoms with Gasteiger partial charge in [-0.1, -0.05) is 11.8 Å². The first-order valence-corrected chi connectivity index (χ1v) is 14.7. The molecule has 0 unspecified atom stereocenters. The number of ether oxygens (including phenoxy) is 9. The molecule has 17 nitrogen and oxygen atoms in total. The van der Waals surface area contributed by atoms with E-state index in [4.69, 9.17) is 42.6 Å². The molecule has 2 aliphatic heterocycles. The Bertz CT molecular complexity index is 1110. The zero-order chi connectivity index (χ0) is 34.0. The van der Waals surface area contributed by atoms with Crippen LogP contribution in [0.3, 0.4) is 0 Å². The van der Waals surface area contributed by atoms with E-state index in [0.717, 1.165) is 41.5 Å². The molecule has 0 radical (unpaired) electrons. The molecule has 45 heavy (non-hydrogen) atoms. The molecule has 0 saturated carbocycles. The van der Waals surface area contributed by atoms with Crippen molar-refractivity contribution in [2.75, 3.05) is 13.2 Å². The van der Waals surface area contributed by atoms with Crippen LogP contribution in [0.1, 0.15) is 54.9 Å². The standard InChI is InChI=1S/C27H38O17S/c1-11(28)36-9-8-18-21(38-13(3)30)23(40-15(5)32)20(35)26(43-18)45-27-25(42-17(7)34)24(41-16(6)33)22(39-14(4)31)19(44-27)10-37-12(2)29/h18-27,35H,8-10H2,1-7H3/t18-,19-,20-,21-,22-,23-,24+,25-,26+,27-/m1/s1. The number of thioether (sulfide) groups is 1. The number of carbonyl (C=O) groups excluding carboxylic acids is 7. The van der Waals surface area contributed by atoms with E-state index in [9.17, 15) is 38.7 Å². The van der Waals surface area contributed by atoms with Crippen LogP contribution in [0.5, 0.6) is 0 Å². The smallest absolute Gasteiger partial charge is 0.303 e. The van der Waals surface area contributed by atoms with Crippen molar-refractivity contribution >= 4 is 53.5 Å². The molecule has 2 fully saturated rings. The Morgan fingerprint density at radius 2 is 0.956 bits per heavy atom. The van der Waals surface area contributed by atoms with E-state index in [2.05, 4.69) is 0 Å². The lowest BCUT2D eigenvalue weighted by atomic mass is 9.97. The first-order valence-electron chi connectivity index (χ1n) is 13.8. The normalized spacial score (nSPS) is 31.0. The Balaban J connectivity index is 2.55. The predicted octanol–water partition coefficient (Wildman–Crippen LogP) is -0.295. The highest BCUT2D eigenvalue weighted by atomic mass is 32.2. The minimum absolute atomic E-state index is 0.0718. The molecular weight excluding hydrogens is 628 g/mol. The van der Waals surface area contributed by atoms with E-state index >= 15 is 0 Å². The molecular formula is C27H38O17S. The molecule has 10 atom stereocenters. The van der Waals surface area contributed by atoms with Crippen molar-refractivity contribution in [2.45, 2.75) is 115 Å². The molecule has 18 heteroatoms. The van der Waals surface area contributed by atoms with Gasteiger partial charge in [0.15, 0.2) is 30.5 Å². The van der Waals surface area contributed by atoms with E-state index in [1.807, 2.05) is 0 Å². The lowest BCUT2D eigenvalue weighted by molar-refractivity contribution is -0.240. The molecule has 2 aliphatic rings. The summed E-state index contributed by atoms with van der Waals surface area (Å²) in [6, 6.07) is 0. The summed E-state index contributed by atoms with van der Waals surface area (Å²) in [5.74, 6) is -5.42. The average molecular weight is 667 g/mol. The third-order valence-electron chi connectivity index (χ3n) is 6.14. The Hall–Kier alpha value is -3.48. The number of aliphatic hydroxyl groups excluding tert-OH is 1. The van der Waals surface area contributed by atoms with Crippen molar-refractivity contribution in [3.63, 3.8) is 0 Å². The van der Waals surface area contributed by atoms with Crippen LogP contribution in [0.4, 0.5) is 0 Å². The molecule has 0 bridgehead atoms. The summed E-state index contributed by atoms with van der Waals surface area (Å²) in [6.45, 7) is 6.99. The van der Waals surface area contributed by atoms with Gasteiger partial charge < -0.3 is 47.7 Å². The number of hydrogen-bond acceptors (Lipinski definition) is 18. The maximum absolute atomic E-state index is 12.2. The van der Waals surface area contributed by atoms with Crippen molar-refractivity contribution in [1.82, 2.24) is 0 Å². The topological polar surface area (TPSA) is 223 Å². The van der Waals surface area contributed by atoms with E-state index < -0.39 is 108 Å². The van der Waals surface area contributed by atoms with Crippen LogP contribution in [-0.4, -0.2) is 120 Å². The number of aliphatic hydroxyl groups is 1. The second kappa shape index (κ2) is 17.3. The molecule has 0 aromatic rings. The summed E-state index contributed by atoms with van der Waals surface area (Å²) >= 11 is 0.701. The van der Waals surface area contributed by atoms with Gasteiger partial charge in [-0.05, 0) is 0 Å². The maximum atomic E-state index is 12.2. The molecule has 2 saturated heterocycles. The molecule has 0 aromatic carbocycles. The van der Waals surface area contributed by atoms with Gasteiger partial charge >= 0.3 is 41.8 Å².